The molecule has 0 amide bonds. The zero-order valence-corrected chi connectivity index (χ0v) is 15.3. The molecule has 0 aromatic heterocycles. The van der Waals surface area contributed by atoms with Gasteiger partial charge in [-0.1, -0.05) is 12.5 Å². The van der Waals surface area contributed by atoms with Gasteiger partial charge in [0.1, 0.15) is 0 Å². The van der Waals surface area contributed by atoms with Crippen molar-refractivity contribution in [1.29, 1.82) is 0 Å². The van der Waals surface area contributed by atoms with Crippen molar-refractivity contribution in [2.75, 3.05) is 26.9 Å². The number of benzene rings is 1. The first-order valence-electron chi connectivity index (χ1n) is 8.39. The summed E-state index contributed by atoms with van der Waals surface area (Å²) in [6.07, 6.45) is 1.89. The Bertz CT molecular complexity index is 742. The molecular weight excluding hydrogens is 346 g/mol. The average molecular weight is 369 g/mol. The molecule has 0 spiro atoms. The van der Waals surface area contributed by atoms with Gasteiger partial charge in [0.2, 0.25) is 10.0 Å². The minimum atomic E-state index is -3.78. The fourth-order valence-electron chi connectivity index (χ4n) is 3.35. The Balaban J connectivity index is 1.97. The van der Waals surface area contributed by atoms with Crippen LogP contribution in [0.4, 0.5) is 0 Å². The molecule has 25 heavy (non-hydrogen) atoms. The van der Waals surface area contributed by atoms with E-state index in [1.54, 1.807) is 19.1 Å². The Morgan fingerprint density at radius 1 is 1.24 bits per heavy atom. The van der Waals surface area contributed by atoms with Crippen molar-refractivity contribution in [2.24, 2.45) is 0 Å². The molecule has 1 aromatic rings. The first-order valence-corrected chi connectivity index (χ1v) is 9.83. The fourth-order valence-corrected chi connectivity index (χ4v) is 5.28. The van der Waals surface area contributed by atoms with Gasteiger partial charge >= 0.3 is 5.97 Å². The number of rotatable bonds is 4. The predicted molar refractivity (Wildman–Crippen MR) is 89.7 cm³/mol. The van der Waals surface area contributed by atoms with Gasteiger partial charge < -0.3 is 14.2 Å². The van der Waals surface area contributed by atoms with Crippen molar-refractivity contribution in [3.05, 3.63) is 29.3 Å². The Labute approximate surface area is 147 Å². The summed E-state index contributed by atoms with van der Waals surface area (Å²) in [4.78, 5) is 11.9. The SMILES string of the molecule is COC(=O)c1ccc(C)c(S(=O)(=O)N2CCCC[C@@H]2C2OCCO2)c1. The highest BCUT2D eigenvalue weighted by Crippen LogP contribution is 2.31. The van der Waals surface area contributed by atoms with Crippen LogP contribution in [0.25, 0.3) is 0 Å². The van der Waals surface area contributed by atoms with E-state index in [0.29, 0.717) is 31.7 Å². The Morgan fingerprint density at radius 3 is 2.64 bits per heavy atom. The molecule has 138 valence electrons. The first kappa shape index (κ1) is 18.3. The zero-order chi connectivity index (χ0) is 18.0. The van der Waals surface area contributed by atoms with Crippen molar-refractivity contribution in [2.45, 2.75) is 43.4 Å². The van der Waals surface area contributed by atoms with Gasteiger partial charge in [-0.05, 0) is 37.5 Å². The number of hydrogen-bond donors (Lipinski definition) is 0. The lowest BCUT2D eigenvalue weighted by Gasteiger charge is -2.37. The molecule has 3 rings (SSSR count). The first-order chi connectivity index (χ1) is 11.9. The fraction of sp³-hybridized carbons (Fsp3) is 0.588. The lowest BCUT2D eigenvalue weighted by atomic mass is 10.0. The van der Waals surface area contributed by atoms with E-state index in [9.17, 15) is 13.2 Å². The summed E-state index contributed by atoms with van der Waals surface area (Å²) in [6, 6.07) is 4.23. The largest absolute Gasteiger partial charge is 0.465 e. The Morgan fingerprint density at radius 2 is 1.96 bits per heavy atom. The lowest BCUT2D eigenvalue weighted by molar-refractivity contribution is -0.0913. The van der Waals surface area contributed by atoms with Crippen LogP contribution in [-0.2, 0) is 24.2 Å². The number of esters is 1. The number of ether oxygens (including phenoxy) is 3. The molecular formula is C17H23NO6S. The van der Waals surface area contributed by atoms with E-state index in [1.165, 1.54) is 17.5 Å². The van der Waals surface area contributed by atoms with Gasteiger partial charge in [-0.25, -0.2) is 13.2 Å². The topological polar surface area (TPSA) is 82.1 Å². The molecule has 1 aromatic carbocycles. The van der Waals surface area contributed by atoms with E-state index in [-0.39, 0.29) is 16.5 Å². The maximum atomic E-state index is 13.3. The second-order valence-corrected chi connectivity index (χ2v) is 8.12. The van der Waals surface area contributed by atoms with E-state index in [1.807, 2.05) is 0 Å². The molecule has 2 saturated heterocycles. The molecule has 0 saturated carbocycles. The normalized spacial score (nSPS) is 22.9. The van der Waals surface area contributed by atoms with Gasteiger partial charge in [-0.3, -0.25) is 0 Å². The van der Waals surface area contributed by atoms with Crippen LogP contribution in [0.5, 0.6) is 0 Å². The van der Waals surface area contributed by atoms with Gasteiger partial charge in [0.05, 0.1) is 36.8 Å². The minimum absolute atomic E-state index is 0.125. The molecule has 0 radical (unpaired) electrons. The number of carbonyl (C=O) groups is 1. The van der Waals surface area contributed by atoms with E-state index < -0.39 is 22.3 Å². The third kappa shape index (κ3) is 3.57. The summed E-state index contributed by atoms with van der Waals surface area (Å²) < 4.78 is 43.9. The highest BCUT2D eigenvalue weighted by atomic mass is 32.2. The van der Waals surface area contributed by atoms with Crippen LogP contribution in [0.3, 0.4) is 0 Å². The van der Waals surface area contributed by atoms with E-state index >= 15 is 0 Å². The molecule has 0 N–H and O–H groups in total. The summed E-state index contributed by atoms with van der Waals surface area (Å²) in [7, 11) is -2.51. The summed E-state index contributed by atoms with van der Waals surface area (Å²) in [6.45, 7) is 3.09. The van der Waals surface area contributed by atoms with Gasteiger partial charge in [0.15, 0.2) is 6.29 Å². The van der Waals surface area contributed by atoms with Crippen LogP contribution in [0.15, 0.2) is 23.1 Å². The molecule has 2 fully saturated rings. The number of methoxy groups -OCH3 is 1. The second-order valence-electron chi connectivity index (χ2n) is 6.26. The van der Waals surface area contributed by atoms with Crippen LogP contribution in [-0.4, -0.2) is 57.9 Å². The van der Waals surface area contributed by atoms with Crippen molar-refractivity contribution < 1.29 is 27.4 Å². The lowest BCUT2D eigenvalue weighted by Crippen LogP contribution is -2.50. The van der Waals surface area contributed by atoms with Crippen molar-refractivity contribution in [1.82, 2.24) is 4.31 Å². The van der Waals surface area contributed by atoms with Gasteiger partial charge in [-0.15, -0.1) is 0 Å². The summed E-state index contributed by atoms with van der Waals surface area (Å²) >= 11 is 0. The number of hydrogen-bond acceptors (Lipinski definition) is 6. The number of nitrogens with zero attached hydrogens (tertiary/aromatic N) is 1. The third-order valence-electron chi connectivity index (χ3n) is 4.66. The number of sulfonamides is 1. The maximum absolute atomic E-state index is 13.3. The smallest absolute Gasteiger partial charge is 0.337 e. The number of piperidine rings is 1. The Hall–Kier alpha value is -1.48. The van der Waals surface area contributed by atoms with Crippen LogP contribution >= 0.6 is 0 Å². The quantitative estimate of drug-likeness (QED) is 0.752. The van der Waals surface area contributed by atoms with Crippen LogP contribution in [0.1, 0.15) is 35.2 Å². The van der Waals surface area contributed by atoms with Gasteiger partial charge in [0, 0.05) is 6.54 Å². The molecule has 0 unspecified atom stereocenters. The van der Waals surface area contributed by atoms with Crippen molar-refractivity contribution in [3.8, 4) is 0 Å². The average Bonchev–Trinajstić information content (AvgIpc) is 3.16. The molecule has 7 nitrogen and oxygen atoms in total. The highest BCUT2D eigenvalue weighted by molar-refractivity contribution is 7.89. The monoisotopic (exact) mass is 369 g/mol. The minimum Gasteiger partial charge on any atom is -0.465 e. The summed E-state index contributed by atoms with van der Waals surface area (Å²) in [5.74, 6) is -0.561. The number of carbonyl (C=O) groups excluding carboxylic acids is 1. The van der Waals surface area contributed by atoms with Crippen molar-refractivity contribution >= 4 is 16.0 Å². The predicted octanol–water partition coefficient (Wildman–Crippen LogP) is 1.70. The molecule has 1 atom stereocenters. The molecule has 0 aliphatic carbocycles. The standard InChI is InChI=1S/C17H23NO6S/c1-12-6-7-13(16(19)22-2)11-15(12)25(20,21)18-8-4-3-5-14(18)17-23-9-10-24-17/h6-7,11,14,17H,3-5,8-10H2,1-2H3/t14-/m1/s1. The number of aryl methyl sites for hydroxylation is 1. The Kier molecular flexibility index (Phi) is 5.43. The third-order valence-corrected chi connectivity index (χ3v) is 6.72. The molecule has 0 bridgehead atoms. The molecule has 2 heterocycles. The summed E-state index contributed by atoms with van der Waals surface area (Å²) in [5.41, 5.74) is 0.804. The molecule has 8 heteroatoms. The van der Waals surface area contributed by atoms with Crippen LogP contribution in [0, 0.1) is 6.92 Å². The summed E-state index contributed by atoms with van der Waals surface area (Å²) in [5, 5.41) is 0. The zero-order valence-electron chi connectivity index (χ0n) is 14.4. The van der Waals surface area contributed by atoms with Gasteiger partial charge in [-0.2, -0.15) is 4.31 Å². The molecule has 2 aliphatic heterocycles. The van der Waals surface area contributed by atoms with E-state index in [2.05, 4.69) is 0 Å². The van der Waals surface area contributed by atoms with Gasteiger partial charge in [0.25, 0.3) is 0 Å². The van der Waals surface area contributed by atoms with Crippen LogP contribution in [0.2, 0.25) is 0 Å². The van der Waals surface area contributed by atoms with Crippen molar-refractivity contribution in [3.63, 3.8) is 0 Å². The van der Waals surface area contributed by atoms with E-state index in [0.717, 1.165) is 12.8 Å². The highest BCUT2D eigenvalue weighted by Gasteiger charge is 2.41. The van der Waals surface area contributed by atoms with Crippen LogP contribution < -0.4 is 0 Å². The molecule has 2 aliphatic rings. The second kappa shape index (κ2) is 7.41. The van der Waals surface area contributed by atoms with E-state index in [4.69, 9.17) is 14.2 Å². The maximum Gasteiger partial charge on any atom is 0.337 e.